The van der Waals surface area contributed by atoms with Crippen LogP contribution in [0.15, 0.2) is 48.0 Å². The van der Waals surface area contributed by atoms with E-state index in [9.17, 15) is 14.3 Å². The molecular weight excluding hydrogens is 501 g/mol. The summed E-state index contributed by atoms with van der Waals surface area (Å²) >= 11 is 1.54. The third-order valence-corrected chi connectivity index (χ3v) is 8.49. The zero-order chi connectivity index (χ0) is 27.2. The Kier molecular flexibility index (Phi) is 6.90. The van der Waals surface area contributed by atoms with Crippen LogP contribution in [0.4, 0.5) is 20.1 Å². The van der Waals surface area contributed by atoms with Gasteiger partial charge in [-0.3, -0.25) is 4.40 Å². The molecule has 200 valence electrons. The molecule has 38 heavy (non-hydrogen) atoms. The molecule has 1 aliphatic heterocycles. The first kappa shape index (κ1) is 26.2. The standard InChI is InChI=1S/C29H34FN5O2S/c1-6-22-26(33(5)27-32-23(17-38-27)18-7-10-21(30)11-8-18)35-16-20(9-12-25(35)31-22)19-13-14-34(28(36)37)24(15-19)29(2,3)4/h7-12,16-17,19,24H,6,13-15H2,1-5H3,(H,36,37). The first-order valence-corrected chi connectivity index (χ1v) is 13.9. The van der Waals surface area contributed by atoms with Crippen molar-refractivity contribution in [3.05, 3.63) is 65.0 Å². The van der Waals surface area contributed by atoms with Gasteiger partial charge < -0.3 is 14.9 Å². The van der Waals surface area contributed by atoms with Gasteiger partial charge in [-0.25, -0.2) is 19.2 Å². The molecule has 0 bridgehead atoms. The first-order valence-electron chi connectivity index (χ1n) is 13.0. The summed E-state index contributed by atoms with van der Waals surface area (Å²) in [4.78, 5) is 25.3. The van der Waals surface area contributed by atoms with Crippen molar-refractivity contribution in [1.82, 2.24) is 19.3 Å². The van der Waals surface area contributed by atoms with Crippen molar-refractivity contribution in [2.24, 2.45) is 5.41 Å². The highest BCUT2D eigenvalue weighted by Gasteiger charge is 2.39. The van der Waals surface area contributed by atoms with Crippen LogP contribution >= 0.6 is 11.3 Å². The second-order valence-corrected chi connectivity index (χ2v) is 11.9. The van der Waals surface area contributed by atoms with E-state index in [0.29, 0.717) is 6.54 Å². The van der Waals surface area contributed by atoms with Crippen molar-refractivity contribution < 1.29 is 14.3 Å². The maximum absolute atomic E-state index is 13.4. The Morgan fingerprint density at radius 1 is 1.18 bits per heavy atom. The molecule has 9 heteroatoms. The summed E-state index contributed by atoms with van der Waals surface area (Å²) < 4.78 is 15.5. The van der Waals surface area contributed by atoms with Crippen LogP contribution in [0.1, 0.15) is 57.7 Å². The second kappa shape index (κ2) is 10.0. The summed E-state index contributed by atoms with van der Waals surface area (Å²) in [5, 5.41) is 12.6. The summed E-state index contributed by atoms with van der Waals surface area (Å²) in [6.45, 7) is 8.97. The predicted octanol–water partition coefficient (Wildman–Crippen LogP) is 7.20. The Balaban J connectivity index is 1.49. The Hall–Kier alpha value is -3.46. The number of pyridine rings is 1. The molecule has 1 aliphatic rings. The van der Waals surface area contributed by atoms with Crippen LogP contribution in [0.2, 0.25) is 0 Å². The van der Waals surface area contributed by atoms with Crippen LogP contribution in [0.5, 0.6) is 0 Å². The Labute approximate surface area is 226 Å². The van der Waals surface area contributed by atoms with Crippen LogP contribution in [0.3, 0.4) is 0 Å². The second-order valence-electron chi connectivity index (χ2n) is 11.1. The Bertz CT molecular complexity index is 1460. The molecule has 0 saturated carbocycles. The maximum atomic E-state index is 13.4. The molecule has 0 aliphatic carbocycles. The summed E-state index contributed by atoms with van der Waals surface area (Å²) in [7, 11) is 2.00. The van der Waals surface area contributed by atoms with Crippen molar-refractivity contribution in [1.29, 1.82) is 0 Å². The van der Waals surface area contributed by atoms with Gasteiger partial charge in [0.1, 0.15) is 17.3 Å². The fourth-order valence-corrected chi connectivity index (χ4v) is 6.31. The monoisotopic (exact) mass is 535 g/mol. The van der Waals surface area contributed by atoms with Gasteiger partial charge in [-0.15, -0.1) is 11.3 Å². The molecule has 0 spiro atoms. The topological polar surface area (TPSA) is 74.0 Å². The number of fused-ring (bicyclic) bond motifs is 1. The fraction of sp³-hybridized carbons (Fsp3) is 0.414. The van der Waals surface area contributed by atoms with E-state index in [2.05, 4.69) is 55.3 Å². The SMILES string of the molecule is CCc1nc2ccc(C3CCN(C(=O)O)C(C(C)(C)C)C3)cn2c1N(C)c1nc(-c2ccc(F)cc2)cs1. The molecule has 1 aromatic carbocycles. The van der Waals surface area contributed by atoms with E-state index in [1.165, 1.54) is 29.0 Å². The van der Waals surface area contributed by atoms with Gasteiger partial charge in [-0.05, 0) is 66.5 Å². The van der Waals surface area contributed by atoms with E-state index >= 15 is 0 Å². The van der Waals surface area contributed by atoms with Crippen molar-refractivity contribution >= 4 is 34.0 Å². The number of anilines is 2. The number of amides is 1. The third-order valence-electron chi connectivity index (χ3n) is 7.58. The minimum atomic E-state index is -0.839. The molecule has 0 radical (unpaired) electrons. The van der Waals surface area contributed by atoms with Crippen molar-refractivity contribution in [2.75, 3.05) is 18.5 Å². The number of carbonyl (C=O) groups is 1. The zero-order valence-electron chi connectivity index (χ0n) is 22.5. The van der Waals surface area contributed by atoms with Crippen LogP contribution in [-0.4, -0.2) is 50.1 Å². The summed E-state index contributed by atoms with van der Waals surface area (Å²) in [5.41, 5.74) is 4.58. The molecule has 4 aromatic rings. The number of rotatable bonds is 5. The highest BCUT2D eigenvalue weighted by Crippen LogP contribution is 2.40. The van der Waals surface area contributed by atoms with Crippen molar-refractivity contribution in [2.45, 2.75) is 58.9 Å². The zero-order valence-corrected chi connectivity index (χ0v) is 23.3. The number of thiazole rings is 1. The highest BCUT2D eigenvalue weighted by molar-refractivity contribution is 7.14. The Morgan fingerprint density at radius 3 is 2.58 bits per heavy atom. The fourth-order valence-electron chi connectivity index (χ4n) is 5.51. The van der Waals surface area contributed by atoms with Crippen LogP contribution in [0.25, 0.3) is 16.9 Å². The quantitative estimate of drug-likeness (QED) is 0.293. The number of piperidine rings is 1. The number of hydrogen-bond acceptors (Lipinski definition) is 5. The molecule has 1 amide bonds. The van der Waals surface area contributed by atoms with E-state index in [1.54, 1.807) is 17.0 Å². The average molecular weight is 536 g/mol. The van der Waals surface area contributed by atoms with Crippen LogP contribution in [-0.2, 0) is 6.42 Å². The molecule has 2 unspecified atom stereocenters. The number of carboxylic acid groups (broad SMARTS) is 1. The highest BCUT2D eigenvalue weighted by atomic mass is 32.1. The van der Waals surface area contributed by atoms with Crippen molar-refractivity contribution in [3.63, 3.8) is 0 Å². The summed E-state index contributed by atoms with van der Waals surface area (Å²) in [6.07, 6.45) is 3.68. The lowest BCUT2D eigenvalue weighted by atomic mass is 9.75. The normalized spacial score (nSPS) is 18.2. The summed E-state index contributed by atoms with van der Waals surface area (Å²) in [5.74, 6) is 0.965. The van der Waals surface area contributed by atoms with Crippen molar-refractivity contribution in [3.8, 4) is 11.3 Å². The lowest BCUT2D eigenvalue weighted by Crippen LogP contribution is -2.51. The lowest BCUT2D eigenvalue weighted by molar-refractivity contribution is 0.0525. The largest absolute Gasteiger partial charge is 0.465 e. The number of halogens is 1. The first-order chi connectivity index (χ1) is 18.1. The van der Waals surface area contributed by atoms with Crippen LogP contribution < -0.4 is 4.90 Å². The van der Waals surface area contributed by atoms with Gasteiger partial charge in [0.25, 0.3) is 0 Å². The number of nitrogens with zero attached hydrogens (tertiary/aromatic N) is 5. The van der Waals surface area contributed by atoms with Gasteiger partial charge in [0.05, 0.1) is 11.4 Å². The molecule has 7 nitrogen and oxygen atoms in total. The van der Waals surface area contributed by atoms with Gasteiger partial charge in [-0.2, -0.15) is 0 Å². The lowest BCUT2D eigenvalue weighted by Gasteiger charge is -2.44. The molecule has 1 N–H and O–H groups in total. The number of likely N-dealkylation sites (tertiary alicyclic amines) is 1. The number of benzene rings is 1. The average Bonchev–Trinajstić information content (AvgIpc) is 3.52. The van der Waals surface area contributed by atoms with Gasteiger partial charge in [0, 0.05) is 36.8 Å². The predicted molar refractivity (Wildman–Crippen MR) is 150 cm³/mol. The van der Waals surface area contributed by atoms with Gasteiger partial charge in [-0.1, -0.05) is 33.8 Å². The van der Waals surface area contributed by atoms with E-state index in [1.807, 2.05) is 12.4 Å². The molecule has 5 rings (SSSR count). The number of aryl methyl sites for hydroxylation is 1. The molecule has 1 saturated heterocycles. The van der Waals surface area contributed by atoms with Gasteiger partial charge in [0.2, 0.25) is 0 Å². The van der Waals surface area contributed by atoms with E-state index < -0.39 is 6.09 Å². The number of imidazole rings is 1. The Morgan fingerprint density at radius 2 is 1.92 bits per heavy atom. The molecule has 2 atom stereocenters. The maximum Gasteiger partial charge on any atom is 0.407 e. The minimum Gasteiger partial charge on any atom is -0.465 e. The minimum absolute atomic E-state index is 0.0502. The molecule has 4 heterocycles. The van der Waals surface area contributed by atoms with E-state index in [4.69, 9.17) is 9.97 Å². The molecular formula is C29H34FN5O2S. The molecule has 1 fully saturated rings. The summed E-state index contributed by atoms with van der Waals surface area (Å²) in [6, 6.07) is 10.5. The van der Waals surface area contributed by atoms with E-state index in [-0.39, 0.29) is 23.2 Å². The third kappa shape index (κ3) is 4.87. The van der Waals surface area contributed by atoms with Crippen LogP contribution in [0, 0.1) is 11.2 Å². The molecule has 3 aromatic heterocycles. The number of hydrogen-bond donors (Lipinski definition) is 1. The number of aromatic nitrogens is 3. The van der Waals surface area contributed by atoms with E-state index in [0.717, 1.165) is 52.8 Å². The van der Waals surface area contributed by atoms with Gasteiger partial charge >= 0.3 is 6.09 Å². The van der Waals surface area contributed by atoms with Gasteiger partial charge in [0.15, 0.2) is 5.13 Å². The smallest absolute Gasteiger partial charge is 0.407 e.